The first kappa shape index (κ1) is 10.1. The fourth-order valence-electron chi connectivity index (χ4n) is 1.24. The van der Waals surface area contributed by atoms with Crippen LogP contribution < -0.4 is 4.84 Å². The average molecular weight is 223 g/mol. The zero-order valence-electron chi connectivity index (χ0n) is 8.14. The largest absolute Gasteiger partial charge is 0.408 e. The van der Waals surface area contributed by atoms with E-state index in [0.717, 1.165) is 11.3 Å². The summed E-state index contributed by atoms with van der Waals surface area (Å²) in [4.78, 5) is 9.48. The minimum absolute atomic E-state index is 0.398. The third-order valence-electron chi connectivity index (χ3n) is 2.03. The maximum absolute atomic E-state index is 5.71. The third-order valence-corrected chi connectivity index (χ3v) is 2.30. The van der Waals surface area contributed by atoms with Crippen LogP contribution in [0.25, 0.3) is 0 Å². The second kappa shape index (κ2) is 4.84. The molecule has 0 N–H and O–H groups in total. The number of hydrogen-bond donors (Lipinski definition) is 0. The van der Waals surface area contributed by atoms with Crippen molar-refractivity contribution >= 4 is 11.6 Å². The summed E-state index contributed by atoms with van der Waals surface area (Å²) < 4.78 is 1.60. The minimum Gasteiger partial charge on any atom is -0.408 e. The predicted octanol–water partition coefficient (Wildman–Crippen LogP) is 2.25. The van der Waals surface area contributed by atoms with Gasteiger partial charge in [0, 0.05) is 0 Å². The summed E-state index contributed by atoms with van der Waals surface area (Å²) in [5.41, 5.74) is 1.97. The molecule has 0 radical (unpaired) electrons. The highest BCUT2D eigenvalue weighted by molar-refractivity contribution is 6.16. The van der Waals surface area contributed by atoms with E-state index in [0.29, 0.717) is 12.5 Å². The Kier molecular flexibility index (Phi) is 3.25. The zero-order chi connectivity index (χ0) is 10.5. The van der Waals surface area contributed by atoms with E-state index in [-0.39, 0.29) is 0 Å². The van der Waals surface area contributed by atoms with Gasteiger partial charge in [-0.3, -0.25) is 0 Å². The summed E-state index contributed by atoms with van der Waals surface area (Å²) in [5, 5.41) is 0. The molecule has 1 heterocycles. The van der Waals surface area contributed by atoms with E-state index >= 15 is 0 Å². The molecule has 78 valence electrons. The third kappa shape index (κ3) is 2.50. The van der Waals surface area contributed by atoms with Crippen molar-refractivity contribution in [3.8, 4) is 0 Å². The van der Waals surface area contributed by atoms with Gasteiger partial charge in [-0.15, -0.1) is 11.6 Å². The molecule has 0 amide bonds. The molecule has 2 rings (SSSR count). The van der Waals surface area contributed by atoms with E-state index in [1.165, 1.54) is 0 Å². The van der Waals surface area contributed by atoms with Crippen LogP contribution in [0.3, 0.4) is 0 Å². The van der Waals surface area contributed by atoms with E-state index < -0.39 is 0 Å². The number of alkyl halides is 1. The van der Waals surface area contributed by atoms with Crippen molar-refractivity contribution in [2.24, 2.45) is 0 Å². The van der Waals surface area contributed by atoms with Crippen molar-refractivity contribution in [3.63, 3.8) is 0 Å². The molecule has 0 aliphatic heterocycles. The van der Waals surface area contributed by atoms with Crippen molar-refractivity contribution < 1.29 is 4.84 Å². The minimum atomic E-state index is 0.398. The SMILES string of the molecule is ClCc1cncn1OCc1ccccc1. The normalized spacial score (nSPS) is 10.2. The standard InChI is InChI=1S/C11H11ClN2O/c12-6-11-7-13-9-14(11)15-8-10-4-2-1-3-5-10/h1-5,7,9H,6,8H2. The maximum Gasteiger partial charge on any atom is 0.140 e. The van der Waals surface area contributed by atoms with Gasteiger partial charge in [-0.2, -0.15) is 4.73 Å². The van der Waals surface area contributed by atoms with E-state index in [9.17, 15) is 0 Å². The second-order valence-electron chi connectivity index (χ2n) is 3.10. The van der Waals surface area contributed by atoms with Crippen molar-refractivity contribution in [1.29, 1.82) is 0 Å². The smallest absolute Gasteiger partial charge is 0.140 e. The number of nitrogens with zero attached hydrogens (tertiary/aromatic N) is 2. The molecule has 0 saturated heterocycles. The van der Waals surface area contributed by atoms with Crippen molar-refractivity contribution in [1.82, 2.24) is 9.71 Å². The number of aromatic nitrogens is 2. The van der Waals surface area contributed by atoms with E-state index in [1.54, 1.807) is 17.3 Å². The summed E-state index contributed by atoms with van der Waals surface area (Å²) >= 11 is 5.71. The fraction of sp³-hybridized carbons (Fsp3) is 0.182. The molecule has 0 saturated carbocycles. The van der Waals surface area contributed by atoms with Gasteiger partial charge in [0.05, 0.1) is 17.8 Å². The van der Waals surface area contributed by atoms with E-state index in [1.807, 2.05) is 30.3 Å². The predicted molar refractivity (Wildman–Crippen MR) is 58.5 cm³/mol. The molecule has 1 aromatic heterocycles. The van der Waals surface area contributed by atoms with Gasteiger partial charge >= 0.3 is 0 Å². The van der Waals surface area contributed by atoms with Crippen LogP contribution >= 0.6 is 11.6 Å². The van der Waals surface area contributed by atoms with Crippen LogP contribution in [-0.4, -0.2) is 9.71 Å². The summed E-state index contributed by atoms with van der Waals surface area (Å²) in [5.74, 6) is 0.398. The molecule has 0 bridgehead atoms. The molecule has 0 unspecified atom stereocenters. The molecule has 1 aromatic carbocycles. The Morgan fingerprint density at radius 2 is 2.07 bits per heavy atom. The Morgan fingerprint density at radius 3 is 2.80 bits per heavy atom. The van der Waals surface area contributed by atoms with Gasteiger partial charge < -0.3 is 4.84 Å². The molecule has 0 fully saturated rings. The highest BCUT2D eigenvalue weighted by Crippen LogP contribution is 2.03. The Hall–Kier alpha value is -1.48. The van der Waals surface area contributed by atoms with Gasteiger partial charge in [0.2, 0.25) is 0 Å². The van der Waals surface area contributed by atoms with Crippen molar-refractivity contribution in [2.45, 2.75) is 12.5 Å². The van der Waals surface area contributed by atoms with Gasteiger partial charge in [-0.05, 0) is 5.56 Å². The summed E-state index contributed by atoms with van der Waals surface area (Å²) in [6.07, 6.45) is 3.30. The zero-order valence-corrected chi connectivity index (χ0v) is 8.89. The number of imidazole rings is 1. The van der Waals surface area contributed by atoms with Crippen LogP contribution in [0.15, 0.2) is 42.9 Å². The van der Waals surface area contributed by atoms with Gasteiger partial charge in [-0.1, -0.05) is 30.3 Å². The van der Waals surface area contributed by atoms with Crippen LogP contribution in [0.1, 0.15) is 11.3 Å². The Bertz CT molecular complexity index is 414. The first-order chi connectivity index (χ1) is 7.40. The van der Waals surface area contributed by atoms with Gasteiger partial charge in [0.1, 0.15) is 12.9 Å². The second-order valence-corrected chi connectivity index (χ2v) is 3.37. The molecular weight excluding hydrogens is 212 g/mol. The van der Waals surface area contributed by atoms with Crippen LogP contribution in [0.2, 0.25) is 0 Å². The molecule has 0 atom stereocenters. The molecule has 15 heavy (non-hydrogen) atoms. The highest BCUT2D eigenvalue weighted by atomic mass is 35.5. The Morgan fingerprint density at radius 1 is 1.27 bits per heavy atom. The molecule has 0 aliphatic carbocycles. The molecule has 0 aliphatic rings. The van der Waals surface area contributed by atoms with Gasteiger partial charge in [0.15, 0.2) is 0 Å². The lowest BCUT2D eigenvalue weighted by molar-refractivity contribution is 0.0922. The number of benzene rings is 1. The lowest BCUT2D eigenvalue weighted by Crippen LogP contribution is -2.12. The summed E-state index contributed by atoms with van der Waals surface area (Å²) in [6.45, 7) is 0.515. The molecule has 2 aromatic rings. The molecular formula is C11H11ClN2O. The summed E-state index contributed by atoms with van der Waals surface area (Å²) in [7, 11) is 0. The van der Waals surface area contributed by atoms with Crippen LogP contribution in [-0.2, 0) is 12.5 Å². The fourth-order valence-corrected chi connectivity index (χ4v) is 1.43. The van der Waals surface area contributed by atoms with Crippen LogP contribution in [0.4, 0.5) is 0 Å². The van der Waals surface area contributed by atoms with Gasteiger partial charge in [-0.25, -0.2) is 4.98 Å². The lowest BCUT2D eigenvalue weighted by atomic mass is 10.2. The monoisotopic (exact) mass is 222 g/mol. The molecule has 0 spiro atoms. The average Bonchev–Trinajstić information content (AvgIpc) is 2.75. The highest BCUT2D eigenvalue weighted by Gasteiger charge is 2.00. The molecule has 3 nitrogen and oxygen atoms in total. The van der Waals surface area contributed by atoms with Crippen LogP contribution in [0, 0.1) is 0 Å². The lowest BCUT2D eigenvalue weighted by Gasteiger charge is -2.08. The topological polar surface area (TPSA) is 27.1 Å². The number of hydrogen-bond acceptors (Lipinski definition) is 2. The van der Waals surface area contributed by atoms with Crippen molar-refractivity contribution in [3.05, 3.63) is 54.1 Å². The first-order valence-corrected chi connectivity index (χ1v) is 5.18. The Balaban J connectivity index is 1.99. The van der Waals surface area contributed by atoms with E-state index in [2.05, 4.69) is 4.98 Å². The van der Waals surface area contributed by atoms with Crippen molar-refractivity contribution in [2.75, 3.05) is 0 Å². The summed E-state index contributed by atoms with van der Waals surface area (Å²) in [6, 6.07) is 9.96. The number of halogens is 1. The Labute approximate surface area is 93.2 Å². The maximum atomic E-state index is 5.71. The van der Waals surface area contributed by atoms with Gasteiger partial charge in [0.25, 0.3) is 0 Å². The molecule has 4 heteroatoms. The first-order valence-electron chi connectivity index (χ1n) is 4.64. The van der Waals surface area contributed by atoms with Crippen LogP contribution in [0.5, 0.6) is 0 Å². The van der Waals surface area contributed by atoms with E-state index in [4.69, 9.17) is 16.4 Å². The quantitative estimate of drug-likeness (QED) is 0.742. The number of rotatable bonds is 4.